The highest BCUT2D eigenvalue weighted by Crippen LogP contribution is 2.62. The summed E-state index contributed by atoms with van der Waals surface area (Å²) in [6.07, 6.45) is 4.29. The van der Waals surface area contributed by atoms with Crippen molar-refractivity contribution in [1.29, 1.82) is 0 Å². The van der Waals surface area contributed by atoms with Gasteiger partial charge >= 0.3 is 0 Å². The molecule has 2 aliphatic rings. The molecule has 0 saturated heterocycles. The lowest BCUT2D eigenvalue weighted by molar-refractivity contribution is 0.0890. The van der Waals surface area contributed by atoms with Crippen LogP contribution in [0.15, 0.2) is 0 Å². The summed E-state index contributed by atoms with van der Waals surface area (Å²) in [5, 5.41) is 3.92. The Morgan fingerprint density at radius 1 is 1.22 bits per heavy atom. The molecule has 1 N–H and O–H groups in total. The molecular weight excluding hydrogens is 220 g/mol. The van der Waals surface area contributed by atoms with Gasteiger partial charge in [-0.1, -0.05) is 20.8 Å². The van der Waals surface area contributed by atoms with Gasteiger partial charge in [-0.3, -0.25) is 0 Å². The SMILES string of the molecule is CN(C)C(C)(C)CNC1C2(C)CCC(C2)C1(C)C. The lowest BCUT2D eigenvalue weighted by atomic mass is 9.68. The van der Waals surface area contributed by atoms with Crippen LogP contribution in [0.2, 0.25) is 0 Å². The van der Waals surface area contributed by atoms with Gasteiger partial charge in [-0.15, -0.1) is 0 Å². The topological polar surface area (TPSA) is 15.3 Å². The van der Waals surface area contributed by atoms with Crippen molar-refractivity contribution < 1.29 is 0 Å². The van der Waals surface area contributed by atoms with E-state index in [1.807, 2.05) is 0 Å². The first-order valence-electron chi connectivity index (χ1n) is 7.50. The van der Waals surface area contributed by atoms with Gasteiger partial charge in [0.2, 0.25) is 0 Å². The zero-order valence-electron chi connectivity index (χ0n) is 13.4. The number of nitrogens with one attached hydrogen (secondary N) is 1. The number of likely N-dealkylation sites (N-methyl/N-ethyl adjacent to an activating group) is 1. The van der Waals surface area contributed by atoms with Crippen LogP contribution in [0.5, 0.6) is 0 Å². The van der Waals surface area contributed by atoms with Crippen molar-refractivity contribution >= 4 is 0 Å². The molecule has 0 aromatic carbocycles. The van der Waals surface area contributed by atoms with Crippen LogP contribution >= 0.6 is 0 Å². The number of hydrogen-bond donors (Lipinski definition) is 1. The third-order valence-electron chi connectivity index (χ3n) is 6.22. The maximum atomic E-state index is 3.92. The summed E-state index contributed by atoms with van der Waals surface area (Å²) in [7, 11) is 4.35. The normalized spacial score (nSPS) is 38.7. The molecule has 2 aliphatic carbocycles. The molecule has 3 atom stereocenters. The van der Waals surface area contributed by atoms with Gasteiger partial charge in [0.15, 0.2) is 0 Å². The van der Waals surface area contributed by atoms with Crippen LogP contribution in [0.1, 0.15) is 53.9 Å². The van der Waals surface area contributed by atoms with Crippen molar-refractivity contribution in [2.45, 2.75) is 65.5 Å². The van der Waals surface area contributed by atoms with Crippen LogP contribution < -0.4 is 5.32 Å². The Hall–Kier alpha value is -0.0800. The van der Waals surface area contributed by atoms with E-state index < -0.39 is 0 Å². The molecule has 3 unspecified atom stereocenters. The molecule has 0 aromatic heterocycles. The highest BCUT2D eigenvalue weighted by Gasteiger charge is 2.59. The molecular formula is C16H32N2. The second-order valence-corrected chi connectivity index (χ2v) is 8.44. The summed E-state index contributed by atoms with van der Waals surface area (Å²) in [5.74, 6) is 0.933. The summed E-state index contributed by atoms with van der Waals surface area (Å²) >= 11 is 0. The van der Waals surface area contributed by atoms with Crippen LogP contribution in [0.25, 0.3) is 0 Å². The third-order valence-corrected chi connectivity index (χ3v) is 6.22. The van der Waals surface area contributed by atoms with Crippen molar-refractivity contribution in [1.82, 2.24) is 10.2 Å². The summed E-state index contributed by atoms with van der Waals surface area (Å²) in [5.41, 5.74) is 1.24. The fourth-order valence-electron chi connectivity index (χ4n) is 4.32. The number of nitrogens with zero attached hydrogens (tertiary/aromatic N) is 1. The molecule has 106 valence electrons. The number of hydrogen-bond acceptors (Lipinski definition) is 2. The standard InChI is InChI=1S/C16H32N2/c1-14(2,18(6)7)11-17-13-15(3,4)12-8-9-16(13,5)10-12/h12-13,17H,8-11H2,1-7H3. The van der Waals surface area contributed by atoms with E-state index in [1.165, 1.54) is 19.3 Å². The fraction of sp³-hybridized carbons (Fsp3) is 1.00. The minimum atomic E-state index is 0.230. The van der Waals surface area contributed by atoms with Gasteiger partial charge in [0.25, 0.3) is 0 Å². The molecule has 0 aromatic rings. The van der Waals surface area contributed by atoms with E-state index in [4.69, 9.17) is 0 Å². The van der Waals surface area contributed by atoms with E-state index in [-0.39, 0.29) is 5.54 Å². The van der Waals surface area contributed by atoms with Crippen LogP contribution in [-0.2, 0) is 0 Å². The number of fused-ring (bicyclic) bond motifs is 2. The van der Waals surface area contributed by atoms with Gasteiger partial charge in [0.05, 0.1) is 0 Å². The lowest BCUT2D eigenvalue weighted by Gasteiger charge is -2.45. The molecule has 18 heavy (non-hydrogen) atoms. The average molecular weight is 252 g/mol. The maximum absolute atomic E-state index is 3.92. The smallest absolute Gasteiger partial charge is 0.0271 e. The van der Waals surface area contributed by atoms with Gasteiger partial charge in [0.1, 0.15) is 0 Å². The van der Waals surface area contributed by atoms with E-state index in [9.17, 15) is 0 Å². The summed E-state index contributed by atoms with van der Waals surface area (Å²) in [6.45, 7) is 13.2. The van der Waals surface area contributed by atoms with Gasteiger partial charge < -0.3 is 10.2 Å². The summed E-state index contributed by atoms with van der Waals surface area (Å²) < 4.78 is 0. The highest BCUT2D eigenvalue weighted by atomic mass is 15.2. The summed E-state index contributed by atoms with van der Waals surface area (Å²) in [4.78, 5) is 2.32. The van der Waals surface area contributed by atoms with E-state index in [0.29, 0.717) is 16.9 Å². The Morgan fingerprint density at radius 3 is 2.28 bits per heavy atom. The first kappa shape index (κ1) is 14.3. The first-order chi connectivity index (χ1) is 8.09. The quantitative estimate of drug-likeness (QED) is 0.827. The van der Waals surface area contributed by atoms with E-state index in [2.05, 4.69) is 58.9 Å². The minimum Gasteiger partial charge on any atom is -0.311 e. The minimum absolute atomic E-state index is 0.230. The molecule has 2 saturated carbocycles. The average Bonchev–Trinajstić information content (AvgIpc) is 2.68. The summed E-state index contributed by atoms with van der Waals surface area (Å²) in [6, 6.07) is 0.683. The lowest BCUT2D eigenvalue weighted by Crippen LogP contribution is -2.56. The van der Waals surface area contributed by atoms with Crippen LogP contribution in [0.4, 0.5) is 0 Å². The maximum Gasteiger partial charge on any atom is 0.0271 e. The Bertz CT molecular complexity index is 314. The predicted octanol–water partition coefficient (Wildman–Crippen LogP) is 3.13. The van der Waals surface area contributed by atoms with Crippen LogP contribution in [0, 0.1) is 16.7 Å². The Labute approximate surface area is 114 Å². The molecule has 2 rings (SSSR count). The predicted molar refractivity (Wildman–Crippen MR) is 78.8 cm³/mol. The molecule has 2 nitrogen and oxygen atoms in total. The Kier molecular flexibility index (Phi) is 3.35. The molecule has 0 spiro atoms. The molecule has 2 heteroatoms. The molecule has 2 bridgehead atoms. The molecule has 0 heterocycles. The Balaban J connectivity index is 2.06. The fourth-order valence-corrected chi connectivity index (χ4v) is 4.32. The van der Waals surface area contributed by atoms with Crippen molar-refractivity contribution in [3.05, 3.63) is 0 Å². The molecule has 0 amide bonds. The van der Waals surface area contributed by atoms with Gasteiger partial charge in [-0.2, -0.15) is 0 Å². The monoisotopic (exact) mass is 252 g/mol. The van der Waals surface area contributed by atoms with E-state index >= 15 is 0 Å². The molecule has 0 radical (unpaired) electrons. The Morgan fingerprint density at radius 2 is 1.83 bits per heavy atom. The van der Waals surface area contributed by atoms with E-state index in [0.717, 1.165) is 12.5 Å². The van der Waals surface area contributed by atoms with Crippen molar-refractivity contribution in [2.24, 2.45) is 16.7 Å². The van der Waals surface area contributed by atoms with Gasteiger partial charge in [-0.25, -0.2) is 0 Å². The first-order valence-corrected chi connectivity index (χ1v) is 7.50. The van der Waals surface area contributed by atoms with E-state index in [1.54, 1.807) is 0 Å². The second-order valence-electron chi connectivity index (χ2n) is 8.44. The zero-order chi connectivity index (χ0) is 13.8. The van der Waals surface area contributed by atoms with Gasteiger partial charge in [-0.05, 0) is 64.0 Å². The van der Waals surface area contributed by atoms with Crippen LogP contribution in [0.3, 0.4) is 0 Å². The molecule has 2 fully saturated rings. The van der Waals surface area contributed by atoms with Crippen molar-refractivity contribution in [3.63, 3.8) is 0 Å². The highest BCUT2D eigenvalue weighted by molar-refractivity contribution is 5.12. The van der Waals surface area contributed by atoms with Crippen molar-refractivity contribution in [2.75, 3.05) is 20.6 Å². The second kappa shape index (κ2) is 4.21. The van der Waals surface area contributed by atoms with Crippen LogP contribution in [-0.4, -0.2) is 37.1 Å². The zero-order valence-corrected chi connectivity index (χ0v) is 13.4. The largest absolute Gasteiger partial charge is 0.311 e. The number of rotatable bonds is 4. The van der Waals surface area contributed by atoms with Gasteiger partial charge in [0, 0.05) is 18.1 Å². The third kappa shape index (κ3) is 2.12. The molecule has 0 aliphatic heterocycles. The van der Waals surface area contributed by atoms with Crippen molar-refractivity contribution in [3.8, 4) is 0 Å².